The van der Waals surface area contributed by atoms with E-state index < -0.39 is 0 Å². The number of benzene rings is 1. The summed E-state index contributed by atoms with van der Waals surface area (Å²) in [6.45, 7) is 7.28. The number of hydrogen-bond donors (Lipinski definition) is 2. The molecule has 0 aliphatic rings. The summed E-state index contributed by atoms with van der Waals surface area (Å²) in [5, 5.41) is 15.5. The van der Waals surface area contributed by atoms with Crippen LogP contribution in [0.2, 0.25) is 5.02 Å². The molecule has 124 valence electrons. The van der Waals surface area contributed by atoms with E-state index in [9.17, 15) is 0 Å². The van der Waals surface area contributed by atoms with Gasteiger partial charge in [0, 0.05) is 18.6 Å². The summed E-state index contributed by atoms with van der Waals surface area (Å²) >= 11 is 6.06. The van der Waals surface area contributed by atoms with Crippen molar-refractivity contribution in [2.75, 3.05) is 6.54 Å². The maximum Gasteiger partial charge on any atom is 0.192 e. The Hall–Kier alpha value is -2.08. The minimum Gasteiger partial charge on any atom is -0.357 e. The Labute approximate surface area is 142 Å². The van der Waals surface area contributed by atoms with Gasteiger partial charge in [-0.15, -0.1) is 10.2 Å². The van der Waals surface area contributed by atoms with Crippen LogP contribution in [0.1, 0.15) is 37.1 Å². The minimum absolute atomic E-state index is 0.0905. The lowest BCUT2D eigenvalue weighted by Crippen LogP contribution is -2.38. The van der Waals surface area contributed by atoms with Crippen LogP contribution in [-0.4, -0.2) is 27.3 Å². The van der Waals surface area contributed by atoms with Gasteiger partial charge in [0.15, 0.2) is 11.8 Å². The molecular weight excluding hydrogens is 312 g/mol. The molecule has 23 heavy (non-hydrogen) atoms. The molecule has 0 bridgehead atoms. The highest BCUT2D eigenvalue weighted by Crippen LogP contribution is 2.17. The lowest BCUT2D eigenvalue weighted by atomic mass is 10.1. The number of aliphatic imine (C=N–C) groups is 1. The predicted octanol–water partition coefficient (Wildman–Crippen LogP) is 2.59. The van der Waals surface area contributed by atoms with Gasteiger partial charge in [-0.25, -0.2) is 4.99 Å². The largest absolute Gasteiger partial charge is 0.357 e. The molecular formula is C16H23ClN6. The van der Waals surface area contributed by atoms with Crippen molar-refractivity contribution in [3.05, 3.63) is 46.5 Å². The number of nitrogens with zero attached hydrogens (tertiary/aromatic N) is 4. The molecule has 6 nitrogen and oxygen atoms in total. The first-order valence-corrected chi connectivity index (χ1v) is 8.04. The standard InChI is InChI=1S/C16H23ClN6/c1-5-18-16(19-10-15-22-21-12(3)23(15)4)20-11(2)13-7-6-8-14(17)9-13/h6-9,11H,5,10H2,1-4H3,(H2,18,19,20). The van der Waals surface area contributed by atoms with Gasteiger partial charge in [0.05, 0.1) is 6.04 Å². The van der Waals surface area contributed by atoms with E-state index in [1.54, 1.807) is 0 Å². The zero-order valence-electron chi connectivity index (χ0n) is 14.0. The van der Waals surface area contributed by atoms with E-state index in [1.807, 2.05) is 49.7 Å². The van der Waals surface area contributed by atoms with Crippen LogP contribution in [0.15, 0.2) is 29.3 Å². The zero-order valence-corrected chi connectivity index (χ0v) is 14.7. The molecule has 0 aliphatic carbocycles. The summed E-state index contributed by atoms with van der Waals surface area (Å²) in [4.78, 5) is 4.58. The highest BCUT2D eigenvalue weighted by Gasteiger charge is 2.09. The average Bonchev–Trinajstić information content (AvgIpc) is 2.84. The molecule has 2 rings (SSSR count). The summed E-state index contributed by atoms with van der Waals surface area (Å²) in [5.74, 6) is 2.44. The summed E-state index contributed by atoms with van der Waals surface area (Å²) in [6, 6.07) is 7.90. The Morgan fingerprint density at radius 3 is 2.78 bits per heavy atom. The van der Waals surface area contributed by atoms with Crippen LogP contribution in [0.5, 0.6) is 0 Å². The van der Waals surface area contributed by atoms with Gasteiger partial charge < -0.3 is 15.2 Å². The highest BCUT2D eigenvalue weighted by molar-refractivity contribution is 6.30. The Morgan fingerprint density at radius 2 is 2.17 bits per heavy atom. The van der Waals surface area contributed by atoms with E-state index in [-0.39, 0.29) is 6.04 Å². The average molecular weight is 335 g/mol. The molecule has 1 unspecified atom stereocenters. The first-order chi connectivity index (χ1) is 11.0. The lowest BCUT2D eigenvalue weighted by molar-refractivity contribution is 0.681. The third-order valence-corrected chi connectivity index (χ3v) is 3.84. The van der Waals surface area contributed by atoms with Crippen LogP contribution < -0.4 is 10.6 Å². The zero-order chi connectivity index (χ0) is 16.8. The van der Waals surface area contributed by atoms with Crippen molar-refractivity contribution in [3.8, 4) is 0 Å². The topological polar surface area (TPSA) is 67.1 Å². The molecule has 1 aromatic carbocycles. The molecule has 1 atom stereocenters. The molecule has 0 spiro atoms. The van der Waals surface area contributed by atoms with Gasteiger partial charge in [-0.1, -0.05) is 23.7 Å². The van der Waals surface area contributed by atoms with Crippen molar-refractivity contribution >= 4 is 17.6 Å². The van der Waals surface area contributed by atoms with Crippen LogP contribution in [0, 0.1) is 6.92 Å². The molecule has 0 saturated carbocycles. The summed E-state index contributed by atoms with van der Waals surface area (Å²) in [6.07, 6.45) is 0. The predicted molar refractivity (Wildman–Crippen MR) is 93.6 cm³/mol. The van der Waals surface area contributed by atoms with Gasteiger partial charge in [0.2, 0.25) is 0 Å². The van der Waals surface area contributed by atoms with Crippen molar-refractivity contribution in [1.82, 2.24) is 25.4 Å². The number of nitrogens with one attached hydrogen (secondary N) is 2. The number of halogens is 1. The highest BCUT2D eigenvalue weighted by atomic mass is 35.5. The molecule has 0 radical (unpaired) electrons. The van der Waals surface area contributed by atoms with Crippen LogP contribution in [0.25, 0.3) is 0 Å². The van der Waals surface area contributed by atoms with E-state index in [1.165, 1.54) is 0 Å². The summed E-state index contributed by atoms with van der Waals surface area (Å²) in [5.41, 5.74) is 1.11. The Morgan fingerprint density at radius 1 is 1.39 bits per heavy atom. The van der Waals surface area contributed by atoms with Gasteiger partial charge >= 0.3 is 0 Å². The van der Waals surface area contributed by atoms with Crippen molar-refractivity contribution in [2.24, 2.45) is 12.0 Å². The normalized spacial score (nSPS) is 13.0. The first-order valence-electron chi connectivity index (χ1n) is 7.66. The Bertz CT molecular complexity index is 679. The van der Waals surface area contributed by atoms with Gasteiger partial charge in [0.1, 0.15) is 12.4 Å². The molecule has 7 heteroatoms. The fourth-order valence-corrected chi connectivity index (χ4v) is 2.32. The maximum atomic E-state index is 6.06. The second kappa shape index (κ2) is 7.97. The first kappa shape index (κ1) is 17.3. The number of hydrogen-bond acceptors (Lipinski definition) is 3. The number of aromatic nitrogens is 3. The van der Waals surface area contributed by atoms with Crippen molar-refractivity contribution < 1.29 is 0 Å². The molecule has 0 fully saturated rings. The van der Waals surface area contributed by atoms with Crippen LogP contribution >= 0.6 is 11.6 Å². The number of aryl methyl sites for hydroxylation is 1. The van der Waals surface area contributed by atoms with E-state index in [2.05, 4.69) is 32.7 Å². The third-order valence-electron chi connectivity index (χ3n) is 3.61. The van der Waals surface area contributed by atoms with Crippen molar-refractivity contribution in [1.29, 1.82) is 0 Å². The molecule has 2 N–H and O–H groups in total. The quantitative estimate of drug-likeness (QED) is 0.651. The summed E-state index contributed by atoms with van der Waals surface area (Å²) in [7, 11) is 1.94. The lowest BCUT2D eigenvalue weighted by Gasteiger charge is -2.18. The summed E-state index contributed by atoms with van der Waals surface area (Å²) < 4.78 is 1.94. The van der Waals surface area contributed by atoms with Gasteiger partial charge in [0.25, 0.3) is 0 Å². The molecule has 0 amide bonds. The van der Waals surface area contributed by atoms with Crippen molar-refractivity contribution in [2.45, 2.75) is 33.4 Å². The molecule has 0 saturated heterocycles. The molecule has 1 heterocycles. The number of guanidine groups is 1. The van der Waals surface area contributed by atoms with E-state index in [0.29, 0.717) is 6.54 Å². The van der Waals surface area contributed by atoms with Crippen LogP contribution in [-0.2, 0) is 13.6 Å². The monoisotopic (exact) mass is 334 g/mol. The second-order valence-electron chi connectivity index (χ2n) is 5.34. The van der Waals surface area contributed by atoms with Crippen molar-refractivity contribution in [3.63, 3.8) is 0 Å². The molecule has 2 aromatic rings. The second-order valence-corrected chi connectivity index (χ2v) is 5.78. The Kier molecular flexibility index (Phi) is 5.98. The molecule has 0 aliphatic heterocycles. The fourth-order valence-electron chi connectivity index (χ4n) is 2.12. The Balaban J connectivity index is 2.08. The van der Waals surface area contributed by atoms with E-state index in [0.717, 1.165) is 34.7 Å². The van der Waals surface area contributed by atoms with Crippen LogP contribution in [0.4, 0.5) is 0 Å². The van der Waals surface area contributed by atoms with Gasteiger partial charge in [-0.2, -0.15) is 0 Å². The van der Waals surface area contributed by atoms with Gasteiger partial charge in [-0.3, -0.25) is 0 Å². The molecule has 1 aromatic heterocycles. The third kappa shape index (κ3) is 4.69. The van der Waals surface area contributed by atoms with E-state index in [4.69, 9.17) is 11.6 Å². The number of rotatable bonds is 5. The van der Waals surface area contributed by atoms with E-state index >= 15 is 0 Å². The van der Waals surface area contributed by atoms with Gasteiger partial charge in [-0.05, 0) is 38.5 Å². The van der Waals surface area contributed by atoms with Crippen LogP contribution in [0.3, 0.4) is 0 Å². The maximum absolute atomic E-state index is 6.06. The fraction of sp³-hybridized carbons (Fsp3) is 0.438. The smallest absolute Gasteiger partial charge is 0.192 e. The SMILES string of the molecule is CCNC(=NCc1nnc(C)n1C)NC(C)c1cccc(Cl)c1. The minimum atomic E-state index is 0.0905.